The quantitative estimate of drug-likeness (QED) is 0.648. The van der Waals surface area contributed by atoms with Gasteiger partial charge < -0.3 is 10.6 Å². The molecule has 5 aliphatic carbocycles. The van der Waals surface area contributed by atoms with Gasteiger partial charge >= 0.3 is 6.03 Å². The molecule has 0 radical (unpaired) electrons. The second-order valence-corrected chi connectivity index (χ2v) is 11.0. The fraction of sp³-hybridized carbons (Fsp3) is 0.640. The Kier molecular flexibility index (Phi) is 4.25. The lowest BCUT2D eigenvalue weighted by Crippen LogP contribution is -2.50. The van der Waals surface area contributed by atoms with Crippen molar-refractivity contribution < 1.29 is 14.4 Å². The van der Waals surface area contributed by atoms with Crippen molar-refractivity contribution in [1.29, 1.82) is 0 Å². The fourth-order valence-corrected chi connectivity index (χ4v) is 7.87. The van der Waals surface area contributed by atoms with Gasteiger partial charge in [0.05, 0.1) is 0 Å². The number of carbonyl (C=O) groups is 3. The largest absolute Gasteiger partial charge is 0.326 e. The van der Waals surface area contributed by atoms with Gasteiger partial charge in [0.1, 0.15) is 5.54 Å². The Morgan fingerprint density at radius 2 is 1.48 bits per heavy atom. The molecule has 0 aromatic heterocycles. The Morgan fingerprint density at radius 1 is 0.903 bits per heavy atom. The van der Waals surface area contributed by atoms with Crippen molar-refractivity contribution in [1.82, 2.24) is 10.6 Å². The molecule has 4 bridgehead atoms. The zero-order valence-electron chi connectivity index (χ0n) is 17.9. The summed E-state index contributed by atoms with van der Waals surface area (Å²) in [7, 11) is 0. The molecule has 5 saturated carbocycles. The van der Waals surface area contributed by atoms with Gasteiger partial charge in [-0.25, -0.2) is 4.79 Å². The molecule has 1 aliphatic heterocycles. The molecule has 6 fully saturated rings. The third-order valence-electron chi connectivity index (χ3n) is 9.03. The van der Waals surface area contributed by atoms with E-state index in [-0.39, 0.29) is 17.7 Å². The van der Waals surface area contributed by atoms with Gasteiger partial charge in [-0.2, -0.15) is 0 Å². The maximum Gasteiger partial charge on any atom is 0.322 e. The number of rotatable bonds is 3. The number of hydrogen-bond acceptors (Lipinski definition) is 3. The average Bonchev–Trinajstić information content (AvgIpc) is 3.00. The van der Waals surface area contributed by atoms with E-state index in [0.717, 1.165) is 23.4 Å². The van der Waals surface area contributed by atoms with Crippen LogP contribution in [0.15, 0.2) is 24.3 Å². The van der Waals surface area contributed by atoms with E-state index in [0.29, 0.717) is 31.1 Å². The topological polar surface area (TPSA) is 87.3 Å². The van der Waals surface area contributed by atoms with Gasteiger partial charge in [0.25, 0.3) is 5.91 Å². The predicted molar refractivity (Wildman–Crippen MR) is 116 cm³/mol. The molecule has 7 rings (SSSR count). The van der Waals surface area contributed by atoms with Crippen molar-refractivity contribution in [3.63, 3.8) is 0 Å². The Labute approximate surface area is 182 Å². The summed E-state index contributed by atoms with van der Waals surface area (Å²) < 4.78 is 0. The minimum atomic E-state index is -0.812. The Hall–Kier alpha value is -2.37. The first kappa shape index (κ1) is 19.3. The van der Waals surface area contributed by atoms with Crippen molar-refractivity contribution in [3.05, 3.63) is 29.8 Å². The second kappa shape index (κ2) is 6.81. The van der Waals surface area contributed by atoms with Crippen molar-refractivity contribution in [2.75, 3.05) is 5.32 Å². The van der Waals surface area contributed by atoms with Crippen LogP contribution in [0.2, 0.25) is 0 Å². The molecular weight excluding hydrogens is 390 g/mol. The van der Waals surface area contributed by atoms with Crippen LogP contribution in [-0.4, -0.2) is 23.4 Å². The molecule has 4 amide bonds. The molecule has 0 atom stereocenters. The van der Waals surface area contributed by atoms with E-state index in [1.165, 1.54) is 44.1 Å². The first-order valence-electron chi connectivity index (χ1n) is 12.0. The number of amides is 4. The highest BCUT2D eigenvalue weighted by molar-refractivity contribution is 6.07. The summed E-state index contributed by atoms with van der Waals surface area (Å²) in [5, 5.41) is 8.17. The zero-order chi connectivity index (χ0) is 21.2. The lowest BCUT2D eigenvalue weighted by atomic mass is 9.48. The molecule has 1 heterocycles. The number of hydrogen-bond donors (Lipinski definition) is 3. The van der Waals surface area contributed by atoms with Crippen LogP contribution in [0.1, 0.15) is 69.8 Å². The molecule has 0 unspecified atom stereocenters. The highest BCUT2D eigenvalue weighted by Gasteiger charge is 2.51. The first-order valence-corrected chi connectivity index (χ1v) is 12.0. The molecule has 31 heavy (non-hydrogen) atoms. The number of nitrogens with one attached hydrogen (secondary N) is 3. The average molecular weight is 422 g/mol. The molecule has 6 aliphatic rings. The first-order chi connectivity index (χ1) is 14.9. The molecular formula is C25H31N3O3. The molecule has 1 saturated heterocycles. The van der Waals surface area contributed by atoms with Gasteiger partial charge in [0.2, 0.25) is 5.91 Å². The number of urea groups is 1. The van der Waals surface area contributed by atoms with Crippen LogP contribution in [0.25, 0.3) is 0 Å². The van der Waals surface area contributed by atoms with Gasteiger partial charge in [-0.15, -0.1) is 0 Å². The van der Waals surface area contributed by atoms with Crippen molar-refractivity contribution in [2.24, 2.45) is 23.7 Å². The molecule has 1 aromatic carbocycles. The second-order valence-electron chi connectivity index (χ2n) is 11.0. The van der Waals surface area contributed by atoms with E-state index in [4.69, 9.17) is 0 Å². The lowest BCUT2D eigenvalue weighted by molar-refractivity contribution is -0.128. The smallest absolute Gasteiger partial charge is 0.322 e. The maximum absolute atomic E-state index is 12.8. The minimum absolute atomic E-state index is 0.0159. The van der Waals surface area contributed by atoms with Crippen LogP contribution in [0, 0.1) is 23.7 Å². The highest BCUT2D eigenvalue weighted by atomic mass is 16.2. The van der Waals surface area contributed by atoms with Crippen molar-refractivity contribution in [2.45, 2.75) is 75.2 Å². The summed E-state index contributed by atoms with van der Waals surface area (Å²) in [6.45, 7) is 0. The van der Waals surface area contributed by atoms with E-state index in [9.17, 15) is 14.4 Å². The van der Waals surface area contributed by atoms with Gasteiger partial charge in [-0.1, -0.05) is 12.1 Å². The van der Waals surface area contributed by atoms with Gasteiger partial charge in [0.15, 0.2) is 0 Å². The van der Waals surface area contributed by atoms with E-state index in [1.807, 2.05) is 0 Å². The molecule has 1 aromatic rings. The third-order valence-corrected chi connectivity index (χ3v) is 9.03. The summed E-state index contributed by atoms with van der Waals surface area (Å²) in [6.07, 6.45) is 10.6. The Morgan fingerprint density at radius 3 is 2.00 bits per heavy atom. The number of imide groups is 1. The number of anilines is 1. The maximum atomic E-state index is 12.8. The Bertz CT molecular complexity index is 895. The number of carbonyl (C=O) groups excluding carboxylic acids is 3. The van der Waals surface area contributed by atoms with Gasteiger partial charge in [-0.3, -0.25) is 14.9 Å². The molecule has 164 valence electrons. The van der Waals surface area contributed by atoms with E-state index in [1.54, 1.807) is 0 Å². The van der Waals surface area contributed by atoms with Crippen LogP contribution in [0.5, 0.6) is 0 Å². The van der Waals surface area contributed by atoms with Gasteiger partial charge in [-0.05, 0) is 105 Å². The summed E-state index contributed by atoms with van der Waals surface area (Å²) in [5.74, 6) is 2.41. The van der Waals surface area contributed by atoms with Crippen LogP contribution in [0.4, 0.5) is 10.5 Å². The van der Waals surface area contributed by atoms with Crippen molar-refractivity contribution in [3.8, 4) is 0 Å². The minimum Gasteiger partial charge on any atom is -0.326 e. The van der Waals surface area contributed by atoms with E-state index >= 15 is 0 Å². The Balaban J connectivity index is 1.09. The summed E-state index contributed by atoms with van der Waals surface area (Å²) in [6, 6.07) is 8.21. The molecule has 6 heteroatoms. The van der Waals surface area contributed by atoms with Crippen LogP contribution in [0.3, 0.4) is 0 Å². The van der Waals surface area contributed by atoms with Crippen LogP contribution < -0.4 is 16.0 Å². The normalized spacial score (nSPS) is 40.6. The standard InChI is InChI=1S/C25H31N3O3/c29-21(18-5-7-25(8-6-18)22(30)27-23(31)28-25)26-20-3-1-19(2-4-20)24-12-15-9-16(13-24)11-17(10-15)14-24/h1-4,15-18H,5-14H2,(H,26,29)(H2,27,28,30,31). The summed E-state index contributed by atoms with van der Waals surface area (Å²) in [5.41, 5.74) is 1.88. The third kappa shape index (κ3) is 3.17. The zero-order valence-corrected chi connectivity index (χ0v) is 17.9. The molecule has 1 spiro atoms. The van der Waals surface area contributed by atoms with Crippen LogP contribution in [-0.2, 0) is 15.0 Å². The fourth-order valence-electron chi connectivity index (χ4n) is 7.87. The highest BCUT2D eigenvalue weighted by Crippen LogP contribution is 2.60. The van der Waals surface area contributed by atoms with Crippen LogP contribution >= 0.6 is 0 Å². The number of benzene rings is 1. The summed E-state index contributed by atoms with van der Waals surface area (Å²) in [4.78, 5) is 36.4. The lowest BCUT2D eigenvalue weighted by Gasteiger charge is -2.57. The van der Waals surface area contributed by atoms with Gasteiger partial charge in [0, 0.05) is 11.6 Å². The van der Waals surface area contributed by atoms with Crippen molar-refractivity contribution >= 4 is 23.5 Å². The van der Waals surface area contributed by atoms with E-state index < -0.39 is 11.6 Å². The molecule has 6 nitrogen and oxygen atoms in total. The monoisotopic (exact) mass is 421 g/mol. The molecule has 3 N–H and O–H groups in total. The summed E-state index contributed by atoms with van der Waals surface area (Å²) >= 11 is 0. The van der Waals surface area contributed by atoms with E-state index in [2.05, 4.69) is 40.2 Å². The SMILES string of the molecule is O=C1NC(=O)C2(CCC(C(=O)Nc3ccc(C45CC6CC(CC(C6)C4)C5)cc3)CC2)N1. The predicted octanol–water partition coefficient (Wildman–Crippen LogP) is 3.86.